The highest BCUT2D eigenvalue weighted by Gasteiger charge is 2.03. The Labute approximate surface area is 65.3 Å². The summed E-state index contributed by atoms with van der Waals surface area (Å²) in [5.41, 5.74) is 0.578. The number of hydrogen-bond donors (Lipinski definition) is 1. The fourth-order valence-electron chi connectivity index (χ4n) is 0.754. The van der Waals surface area contributed by atoms with Gasteiger partial charge in [-0.25, -0.2) is 0 Å². The van der Waals surface area contributed by atoms with Crippen molar-refractivity contribution in [2.24, 2.45) is 7.05 Å². The third kappa shape index (κ3) is 1.80. The minimum Gasteiger partial charge on any atom is -0.477 e. The highest BCUT2D eigenvalue weighted by atomic mass is 16.5. The number of aromatic nitrogens is 2. The quantitative estimate of drug-likeness (QED) is 0.504. The SMILES string of the molecule is CCOC(=N)c1ccn(C)n1. The van der Waals surface area contributed by atoms with Crippen LogP contribution in [0.15, 0.2) is 12.3 Å². The molecule has 0 amide bonds. The highest BCUT2D eigenvalue weighted by molar-refractivity contribution is 5.89. The Morgan fingerprint density at radius 2 is 2.55 bits per heavy atom. The van der Waals surface area contributed by atoms with Crippen LogP contribution in [-0.4, -0.2) is 22.3 Å². The van der Waals surface area contributed by atoms with Crippen LogP contribution in [-0.2, 0) is 11.8 Å². The summed E-state index contributed by atoms with van der Waals surface area (Å²) in [6.07, 6.45) is 1.78. The third-order valence-corrected chi connectivity index (χ3v) is 1.23. The first-order chi connectivity index (χ1) is 5.24. The van der Waals surface area contributed by atoms with Gasteiger partial charge in [0.05, 0.1) is 6.61 Å². The summed E-state index contributed by atoms with van der Waals surface area (Å²) in [5, 5.41) is 11.3. The summed E-state index contributed by atoms with van der Waals surface area (Å²) in [6.45, 7) is 2.35. The second kappa shape index (κ2) is 3.18. The van der Waals surface area contributed by atoms with Crippen molar-refractivity contribution in [2.45, 2.75) is 6.92 Å². The zero-order valence-corrected chi connectivity index (χ0v) is 6.66. The molecule has 0 saturated carbocycles. The molecule has 0 spiro atoms. The van der Waals surface area contributed by atoms with Gasteiger partial charge in [0.2, 0.25) is 5.90 Å². The molecule has 0 atom stereocenters. The molecule has 0 saturated heterocycles. The second-order valence-corrected chi connectivity index (χ2v) is 2.14. The third-order valence-electron chi connectivity index (χ3n) is 1.23. The molecular weight excluding hydrogens is 142 g/mol. The Balaban J connectivity index is 2.69. The summed E-state index contributed by atoms with van der Waals surface area (Å²) in [7, 11) is 1.81. The largest absolute Gasteiger partial charge is 0.477 e. The number of nitrogens with one attached hydrogen (secondary N) is 1. The first-order valence-electron chi connectivity index (χ1n) is 3.45. The first kappa shape index (κ1) is 7.78. The van der Waals surface area contributed by atoms with Gasteiger partial charge in [0.25, 0.3) is 0 Å². The number of aryl methyl sites for hydroxylation is 1. The normalized spacial score (nSPS) is 9.64. The van der Waals surface area contributed by atoms with E-state index in [2.05, 4.69) is 5.10 Å². The van der Waals surface area contributed by atoms with E-state index in [4.69, 9.17) is 10.1 Å². The molecule has 1 rings (SSSR count). The van der Waals surface area contributed by atoms with Crippen LogP contribution >= 0.6 is 0 Å². The fourth-order valence-corrected chi connectivity index (χ4v) is 0.754. The van der Waals surface area contributed by atoms with Crippen LogP contribution in [0.2, 0.25) is 0 Å². The van der Waals surface area contributed by atoms with Crippen LogP contribution in [0.4, 0.5) is 0 Å². The molecule has 1 N–H and O–H groups in total. The molecule has 1 aromatic rings. The summed E-state index contributed by atoms with van der Waals surface area (Å²) < 4.78 is 6.59. The van der Waals surface area contributed by atoms with E-state index in [1.54, 1.807) is 16.9 Å². The molecule has 0 aliphatic heterocycles. The van der Waals surface area contributed by atoms with E-state index in [1.807, 2.05) is 14.0 Å². The van der Waals surface area contributed by atoms with E-state index in [0.717, 1.165) is 0 Å². The highest BCUT2D eigenvalue weighted by Crippen LogP contribution is 1.96. The molecule has 4 nitrogen and oxygen atoms in total. The van der Waals surface area contributed by atoms with Crippen molar-refractivity contribution in [3.8, 4) is 0 Å². The van der Waals surface area contributed by atoms with Crippen molar-refractivity contribution in [3.63, 3.8) is 0 Å². The molecule has 1 aromatic heterocycles. The maximum atomic E-state index is 7.34. The summed E-state index contributed by atoms with van der Waals surface area (Å²) >= 11 is 0. The van der Waals surface area contributed by atoms with E-state index in [1.165, 1.54) is 0 Å². The van der Waals surface area contributed by atoms with E-state index >= 15 is 0 Å². The zero-order chi connectivity index (χ0) is 8.27. The van der Waals surface area contributed by atoms with Crippen LogP contribution in [0.1, 0.15) is 12.6 Å². The summed E-state index contributed by atoms with van der Waals surface area (Å²) in [5.74, 6) is 0.133. The molecule has 0 bridgehead atoms. The molecule has 0 fully saturated rings. The van der Waals surface area contributed by atoms with E-state index in [-0.39, 0.29) is 5.90 Å². The van der Waals surface area contributed by atoms with Crippen LogP contribution in [0, 0.1) is 5.41 Å². The Bertz CT molecular complexity index is 254. The number of ether oxygens (including phenoxy) is 1. The molecule has 0 aromatic carbocycles. The fraction of sp³-hybridized carbons (Fsp3) is 0.429. The molecular formula is C7H11N3O. The molecule has 0 aliphatic carbocycles. The zero-order valence-electron chi connectivity index (χ0n) is 6.66. The first-order valence-corrected chi connectivity index (χ1v) is 3.45. The summed E-state index contributed by atoms with van der Waals surface area (Å²) in [4.78, 5) is 0. The molecule has 60 valence electrons. The Morgan fingerprint density at radius 1 is 1.82 bits per heavy atom. The molecule has 0 radical (unpaired) electrons. The van der Waals surface area contributed by atoms with Crippen LogP contribution in [0.5, 0.6) is 0 Å². The average molecular weight is 153 g/mol. The van der Waals surface area contributed by atoms with Gasteiger partial charge in [-0.15, -0.1) is 0 Å². The molecule has 0 aliphatic rings. The lowest BCUT2D eigenvalue weighted by Crippen LogP contribution is -2.05. The Hall–Kier alpha value is -1.32. The van der Waals surface area contributed by atoms with Gasteiger partial charge in [0.1, 0.15) is 5.69 Å². The van der Waals surface area contributed by atoms with Crippen LogP contribution in [0.25, 0.3) is 0 Å². The summed E-state index contributed by atoms with van der Waals surface area (Å²) in [6, 6.07) is 1.75. The van der Waals surface area contributed by atoms with Gasteiger partial charge in [-0.3, -0.25) is 10.1 Å². The lowest BCUT2D eigenvalue weighted by atomic mass is 10.4. The van der Waals surface area contributed by atoms with Crippen molar-refractivity contribution >= 4 is 5.90 Å². The van der Waals surface area contributed by atoms with Gasteiger partial charge in [0.15, 0.2) is 0 Å². The van der Waals surface area contributed by atoms with Gasteiger partial charge in [-0.1, -0.05) is 0 Å². The van der Waals surface area contributed by atoms with Crippen molar-refractivity contribution in [3.05, 3.63) is 18.0 Å². The van der Waals surface area contributed by atoms with Crippen LogP contribution < -0.4 is 0 Å². The van der Waals surface area contributed by atoms with Gasteiger partial charge >= 0.3 is 0 Å². The van der Waals surface area contributed by atoms with Gasteiger partial charge < -0.3 is 4.74 Å². The molecule has 4 heteroatoms. The number of nitrogens with zero attached hydrogens (tertiary/aromatic N) is 2. The second-order valence-electron chi connectivity index (χ2n) is 2.14. The van der Waals surface area contributed by atoms with Gasteiger partial charge in [0, 0.05) is 13.2 Å². The maximum Gasteiger partial charge on any atom is 0.234 e. The smallest absolute Gasteiger partial charge is 0.234 e. The topological polar surface area (TPSA) is 50.9 Å². The van der Waals surface area contributed by atoms with Gasteiger partial charge in [-0.2, -0.15) is 5.10 Å². The van der Waals surface area contributed by atoms with Crippen LogP contribution in [0.3, 0.4) is 0 Å². The Morgan fingerprint density at radius 3 is 3.00 bits per heavy atom. The Kier molecular flexibility index (Phi) is 2.25. The number of rotatable bonds is 2. The van der Waals surface area contributed by atoms with Gasteiger partial charge in [-0.05, 0) is 13.0 Å². The van der Waals surface area contributed by atoms with Crippen molar-refractivity contribution in [1.82, 2.24) is 9.78 Å². The predicted octanol–water partition coefficient (Wildman–Crippen LogP) is 0.782. The minimum atomic E-state index is 0.133. The lowest BCUT2D eigenvalue weighted by molar-refractivity contribution is 0.324. The average Bonchev–Trinajstić information content (AvgIpc) is 2.36. The molecule has 0 unspecified atom stereocenters. The molecule has 1 heterocycles. The number of hydrogen-bond acceptors (Lipinski definition) is 3. The molecule has 11 heavy (non-hydrogen) atoms. The van der Waals surface area contributed by atoms with E-state index in [0.29, 0.717) is 12.3 Å². The van der Waals surface area contributed by atoms with E-state index in [9.17, 15) is 0 Å². The predicted molar refractivity (Wildman–Crippen MR) is 41.7 cm³/mol. The van der Waals surface area contributed by atoms with Crippen molar-refractivity contribution in [1.29, 1.82) is 5.41 Å². The van der Waals surface area contributed by atoms with E-state index < -0.39 is 0 Å². The monoisotopic (exact) mass is 153 g/mol. The van der Waals surface area contributed by atoms with Crippen molar-refractivity contribution in [2.75, 3.05) is 6.61 Å². The standard InChI is InChI=1S/C7H11N3O/c1-3-11-7(8)6-4-5-10(2)9-6/h4-5,8H,3H2,1-2H3. The lowest BCUT2D eigenvalue weighted by Gasteiger charge is -1.99. The maximum absolute atomic E-state index is 7.34. The minimum absolute atomic E-state index is 0.133. The van der Waals surface area contributed by atoms with Crippen molar-refractivity contribution < 1.29 is 4.74 Å².